The third-order valence-corrected chi connectivity index (χ3v) is 3.54. The van der Waals surface area contributed by atoms with Crippen LogP contribution in [0.15, 0.2) is 18.2 Å². The molecule has 7 heteroatoms. The summed E-state index contributed by atoms with van der Waals surface area (Å²) in [7, 11) is 3.40. The maximum Gasteiger partial charge on any atom is 0.316 e. The molecule has 0 aliphatic rings. The highest BCUT2D eigenvalue weighted by molar-refractivity contribution is 6.31. The molecule has 2 amide bonds. The van der Waals surface area contributed by atoms with Crippen LogP contribution in [0, 0.1) is 0 Å². The van der Waals surface area contributed by atoms with Crippen LogP contribution in [0.5, 0.6) is 0 Å². The summed E-state index contributed by atoms with van der Waals surface area (Å²) in [6.45, 7) is 2.95. The first-order chi connectivity index (χ1) is 9.90. The van der Waals surface area contributed by atoms with E-state index in [1.165, 1.54) is 4.90 Å². The Hall–Kier alpha value is -1.46. The molecule has 0 spiro atoms. The summed E-state index contributed by atoms with van der Waals surface area (Å²) in [5.74, 6) is 0.771. The van der Waals surface area contributed by atoms with Gasteiger partial charge in [-0.1, -0.05) is 11.6 Å². The highest BCUT2D eigenvalue weighted by Crippen LogP contribution is 2.26. The van der Waals surface area contributed by atoms with E-state index < -0.39 is 0 Å². The lowest BCUT2D eigenvalue weighted by molar-refractivity contribution is 0.217. The Morgan fingerprint density at radius 2 is 2.19 bits per heavy atom. The second-order valence-corrected chi connectivity index (χ2v) is 6.09. The van der Waals surface area contributed by atoms with Crippen LogP contribution >= 0.6 is 23.2 Å². The van der Waals surface area contributed by atoms with Crippen molar-refractivity contribution in [1.82, 2.24) is 19.8 Å². The van der Waals surface area contributed by atoms with Crippen LogP contribution in [0.1, 0.15) is 18.1 Å². The third kappa shape index (κ3) is 3.60. The number of fused-ring (bicyclic) bond motifs is 1. The summed E-state index contributed by atoms with van der Waals surface area (Å²) in [4.78, 5) is 17.6. The van der Waals surface area contributed by atoms with Crippen molar-refractivity contribution in [2.24, 2.45) is 0 Å². The minimum absolute atomic E-state index is 0.127. The van der Waals surface area contributed by atoms with E-state index >= 15 is 0 Å². The van der Waals surface area contributed by atoms with Crippen molar-refractivity contribution >= 4 is 40.3 Å². The van der Waals surface area contributed by atoms with E-state index in [2.05, 4.69) is 10.3 Å². The summed E-state index contributed by atoms with van der Waals surface area (Å²) in [5.41, 5.74) is 1.77. The van der Waals surface area contributed by atoms with Crippen LogP contribution < -0.4 is 5.32 Å². The molecule has 0 radical (unpaired) electrons. The third-order valence-electron chi connectivity index (χ3n) is 3.11. The molecule has 1 aromatic carbocycles. The van der Waals surface area contributed by atoms with E-state index in [0.717, 1.165) is 16.9 Å². The highest BCUT2D eigenvalue weighted by atomic mass is 35.5. The first-order valence-electron chi connectivity index (χ1n) is 6.65. The number of amides is 2. The number of nitrogens with one attached hydrogen (secondary N) is 1. The van der Waals surface area contributed by atoms with Gasteiger partial charge in [0.05, 0.1) is 16.4 Å². The van der Waals surface area contributed by atoms with E-state index in [1.54, 1.807) is 20.2 Å². The van der Waals surface area contributed by atoms with Crippen LogP contribution in [0.3, 0.4) is 0 Å². The number of rotatable bonds is 4. The first-order valence-corrected chi connectivity index (χ1v) is 7.46. The first kappa shape index (κ1) is 15.9. The molecular formula is C14H18Cl2N4O. The number of benzene rings is 1. The molecule has 0 saturated carbocycles. The van der Waals surface area contributed by atoms with Crippen LogP contribution in [0.4, 0.5) is 4.79 Å². The van der Waals surface area contributed by atoms with Gasteiger partial charge in [0.1, 0.15) is 5.82 Å². The maximum atomic E-state index is 11.6. The van der Waals surface area contributed by atoms with Gasteiger partial charge in [-0.05, 0) is 25.1 Å². The Balaban J connectivity index is 2.26. The lowest BCUT2D eigenvalue weighted by Crippen LogP contribution is -2.36. The lowest BCUT2D eigenvalue weighted by atomic mass is 10.3. The number of hydrogen-bond donors (Lipinski definition) is 1. The maximum absolute atomic E-state index is 11.6. The molecule has 0 bridgehead atoms. The molecular weight excluding hydrogens is 311 g/mol. The molecule has 2 aromatic rings. The Bertz CT molecular complexity index is 652. The summed E-state index contributed by atoms with van der Waals surface area (Å²) in [5, 5.41) is 3.25. The number of nitrogens with zero attached hydrogens (tertiary/aromatic N) is 3. The van der Waals surface area contributed by atoms with Crippen molar-refractivity contribution in [2.75, 3.05) is 20.6 Å². The number of halogens is 2. The standard InChI is InChI=1S/C14H18Cl2N4O/c1-9(15)13-18-11-5-4-10(16)8-12(11)20(13)7-6-17-14(21)19(2)3/h4-5,8-9H,6-7H2,1-3H3,(H,17,21). The smallest absolute Gasteiger partial charge is 0.316 e. The molecule has 21 heavy (non-hydrogen) atoms. The highest BCUT2D eigenvalue weighted by Gasteiger charge is 2.15. The zero-order valence-electron chi connectivity index (χ0n) is 12.2. The number of carbonyl (C=O) groups is 1. The zero-order valence-corrected chi connectivity index (χ0v) is 13.7. The predicted octanol–water partition coefficient (Wildman–Crippen LogP) is 3.26. The summed E-state index contributed by atoms with van der Waals surface area (Å²) in [6.07, 6.45) is 0. The van der Waals surface area contributed by atoms with Crippen LogP contribution in [-0.2, 0) is 6.54 Å². The second-order valence-electron chi connectivity index (χ2n) is 5.00. The normalized spacial score (nSPS) is 12.4. The minimum Gasteiger partial charge on any atom is -0.336 e. The van der Waals surface area contributed by atoms with Crippen molar-refractivity contribution < 1.29 is 4.79 Å². The molecule has 0 aliphatic carbocycles. The minimum atomic E-state index is -0.222. The van der Waals surface area contributed by atoms with Gasteiger partial charge in [-0.15, -0.1) is 11.6 Å². The number of alkyl halides is 1. The van der Waals surface area contributed by atoms with Gasteiger partial charge in [-0.3, -0.25) is 0 Å². The fraction of sp³-hybridized carbons (Fsp3) is 0.429. The van der Waals surface area contributed by atoms with E-state index in [1.807, 2.05) is 23.6 Å². The molecule has 5 nitrogen and oxygen atoms in total. The zero-order chi connectivity index (χ0) is 15.6. The molecule has 0 fully saturated rings. The largest absolute Gasteiger partial charge is 0.336 e. The molecule has 0 saturated heterocycles. The van der Waals surface area contributed by atoms with Gasteiger partial charge in [0.25, 0.3) is 0 Å². The quantitative estimate of drug-likeness (QED) is 0.876. The van der Waals surface area contributed by atoms with E-state index in [4.69, 9.17) is 23.2 Å². The fourth-order valence-corrected chi connectivity index (χ4v) is 2.42. The van der Waals surface area contributed by atoms with Gasteiger partial charge in [0.2, 0.25) is 0 Å². The van der Waals surface area contributed by atoms with Crippen LogP contribution in [0.2, 0.25) is 5.02 Å². The molecule has 1 atom stereocenters. The Labute approximate surface area is 133 Å². The van der Waals surface area contributed by atoms with E-state index in [9.17, 15) is 4.79 Å². The van der Waals surface area contributed by atoms with Gasteiger partial charge < -0.3 is 14.8 Å². The van der Waals surface area contributed by atoms with Crippen LogP contribution in [-0.4, -0.2) is 41.1 Å². The molecule has 1 aromatic heterocycles. The number of carbonyl (C=O) groups excluding carboxylic acids is 1. The Kier molecular flexibility index (Phi) is 4.96. The predicted molar refractivity (Wildman–Crippen MR) is 86.1 cm³/mol. The van der Waals surface area contributed by atoms with E-state index in [-0.39, 0.29) is 11.4 Å². The van der Waals surface area contributed by atoms with Crippen LogP contribution in [0.25, 0.3) is 11.0 Å². The Morgan fingerprint density at radius 3 is 2.81 bits per heavy atom. The van der Waals surface area contributed by atoms with Gasteiger partial charge in [0.15, 0.2) is 0 Å². The van der Waals surface area contributed by atoms with Crippen molar-refractivity contribution in [3.63, 3.8) is 0 Å². The SMILES string of the molecule is CC(Cl)c1nc2ccc(Cl)cc2n1CCNC(=O)N(C)C. The van der Waals surface area contributed by atoms with Gasteiger partial charge in [-0.2, -0.15) is 0 Å². The van der Waals surface area contributed by atoms with Gasteiger partial charge >= 0.3 is 6.03 Å². The van der Waals surface area contributed by atoms with Gasteiger partial charge in [0, 0.05) is 32.2 Å². The number of imidazole rings is 1. The van der Waals surface area contributed by atoms with Crippen molar-refractivity contribution in [3.05, 3.63) is 29.0 Å². The molecule has 1 heterocycles. The second kappa shape index (κ2) is 6.54. The number of aromatic nitrogens is 2. The van der Waals surface area contributed by atoms with Crippen molar-refractivity contribution in [1.29, 1.82) is 0 Å². The monoisotopic (exact) mass is 328 g/mol. The molecule has 2 rings (SSSR count). The van der Waals surface area contributed by atoms with Crippen molar-refractivity contribution in [2.45, 2.75) is 18.8 Å². The molecule has 0 aliphatic heterocycles. The molecule has 1 N–H and O–H groups in total. The average Bonchev–Trinajstić information content (AvgIpc) is 2.77. The summed E-state index contributed by atoms with van der Waals surface area (Å²) < 4.78 is 1.99. The molecule has 1 unspecified atom stereocenters. The average molecular weight is 329 g/mol. The lowest BCUT2D eigenvalue weighted by Gasteiger charge is -2.14. The fourth-order valence-electron chi connectivity index (χ4n) is 2.09. The summed E-state index contributed by atoms with van der Waals surface area (Å²) >= 11 is 12.3. The summed E-state index contributed by atoms with van der Waals surface area (Å²) in [6, 6.07) is 5.41. The topological polar surface area (TPSA) is 50.2 Å². The van der Waals surface area contributed by atoms with Crippen molar-refractivity contribution in [3.8, 4) is 0 Å². The number of hydrogen-bond acceptors (Lipinski definition) is 2. The van der Waals surface area contributed by atoms with E-state index in [0.29, 0.717) is 18.1 Å². The van der Waals surface area contributed by atoms with Gasteiger partial charge in [-0.25, -0.2) is 9.78 Å². The number of urea groups is 1. The Morgan fingerprint density at radius 1 is 1.48 bits per heavy atom. The molecule has 114 valence electrons.